The molecule has 1 aromatic heterocycles. The van der Waals surface area contributed by atoms with Crippen LogP contribution in [0.3, 0.4) is 0 Å². The van der Waals surface area contributed by atoms with E-state index < -0.39 is 0 Å². The maximum Gasteiger partial charge on any atom is 0.262 e. The highest BCUT2D eigenvalue weighted by atomic mass is 35.5. The predicted octanol–water partition coefficient (Wildman–Crippen LogP) is 4.42. The number of carbonyl (C=O) groups excluding carboxylic acids is 1. The number of amides is 1. The monoisotopic (exact) mass is 411 g/mol. The smallest absolute Gasteiger partial charge is 0.262 e. The summed E-state index contributed by atoms with van der Waals surface area (Å²) < 4.78 is 10.6. The Labute approximate surface area is 174 Å². The summed E-state index contributed by atoms with van der Waals surface area (Å²) in [7, 11) is 1.65. The van der Waals surface area contributed by atoms with Gasteiger partial charge in [0.05, 0.1) is 19.0 Å². The SMILES string of the molecule is COc1ccc(CCNc2ccc(NC(=O)COc3ccc(Cl)cc3)cn2)cc1. The van der Waals surface area contributed by atoms with Gasteiger partial charge in [0, 0.05) is 11.6 Å². The Bertz CT molecular complexity index is 914. The van der Waals surface area contributed by atoms with E-state index in [4.69, 9.17) is 21.1 Å². The third kappa shape index (κ3) is 6.69. The molecule has 0 fully saturated rings. The first kappa shape index (κ1) is 20.5. The van der Waals surface area contributed by atoms with Gasteiger partial charge in [-0.2, -0.15) is 0 Å². The van der Waals surface area contributed by atoms with Crippen LogP contribution in [0.4, 0.5) is 11.5 Å². The molecule has 150 valence electrons. The minimum atomic E-state index is -0.262. The van der Waals surface area contributed by atoms with Crippen molar-refractivity contribution in [2.24, 2.45) is 0 Å². The van der Waals surface area contributed by atoms with Crippen molar-refractivity contribution in [3.63, 3.8) is 0 Å². The van der Waals surface area contributed by atoms with E-state index in [-0.39, 0.29) is 12.5 Å². The molecule has 2 N–H and O–H groups in total. The molecule has 0 bridgehead atoms. The molecule has 7 heteroatoms. The average molecular weight is 412 g/mol. The second-order valence-corrected chi connectivity index (χ2v) is 6.68. The van der Waals surface area contributed by atoms with Crippen molar-refractivity contribution in [1.82, 2.24) is 4.98 Å². The number of hydrogen-bond donors (Lipinski definition) is 2. The zero-order chi connectivity index (χ0) is 20.5. The summed E-state index contributed by atoms with van der Waals surface area (Å²) in [5.74, 6) is 1.91. The molecule has 3 rings (SSSR count). The quantitative estimate of drug-likeness (QED) is 0.545. The summed E-state index contributed by atoms with van der Waals surface area (Å²) in [5, 5.41) is 6.63. The molecule has 0 saturated heterocycles. The lowest BCUT2D eigenvalue weighted by molar-refractivity contribution is -0.118. The normalized spacial score (nSPS) is 10.3. The van der Waals surface area contributed by atoms with E-state index in [1.54, 1.807) is 43.6 Å². The summed E-state index contributed by atoms with van der Waals surface area (Å²) in [4.78, 5) is 16.3. The van der Waals surface area contributed by atoms with Gasteiger partial charge in [0.2, 0.25) is 0 Å². The second kappa shape index (κ2) is 10.3. The molecule has 0 radical (unpaired) electrons. The lowest BCUT2D eigenvalue weighted by atomic mass is 10.1. The predicted molar refractivity (Wildman–Crippen MR) is 115 cm³/mol. The minimum absolute atomic E-state index is 0.0938. The van der Waals surface area contributed by atoms with E-state index in [1.807, 2.05) is 30.3 Å². The maximum atomic E-state index is 12.0. The number of halogens is 1. The van der Waals surface area contributed by atoms with E-state index in [1.165, 1.54) is 5.56 Å². The molecule has 0 aliphatic carbocycles. The Morgan fingerprint density at radius 2 is 1.72 bits per heavy atom. The Morgan fingerprint density at radius 3 is 2.38 bits per heavy atom. The summed E-state index contributed by atoms with van der Waals surface area (Å²) in [6.07, 6.45) is 2.47. The van der Waals surface area contributed by atoms with Crippen molar-refractivity contribution < 1.29 is 14.3 Å². The molecule has 0 spiro atoms. The minimum Gasteiger partial charge on any atom is -0.497 e. The Morgan fingerprint density at radius 1 is 1.00 bits per heavy atom. The first-order valence-corrected chi connectivity index (χ1v) is 9.51. The number of anilines is 2. The third-order valence-electron chi connectivity index (χ3n) is 4.11. The Hall–Kier alpha value is -3.25. The number of benzene rings is 2. The van der Waals surface area contributed by atoms with Crippen molar-refractivity contribution in [3.8, 4) is 11.5 Å². The molecule has 0 saturated carbocycles. The number of methoxy groups -OCH3 is 1. The molecule has 1 amide bonds. The molecule has 0 unspecified atom stereocenters. The van der Waals surface area contributed by atoms with Gasteiger partial charge in [0.25, 0.3) is 5.91 Å². The summed E-state index contributed by atoms with van der Waals surface area (Å²) in [6, 6.07) is 18.4. The molecule has 0 atom stereocenters. The molecular weight excluding hydrogens is 390 g/mol. The van der Waals surface area contributed by atoms with Crippen LogP contribution in [0.25, 0.3) is 0 Å². The Balaban J connectivity index is 1.40. The Kier molecular flexibility index (Phi) is 7.30. The summed E-state index contributed by atoms with van der Waals surface area (Å²) in [5.41, 5.74) is 1.82. The van der Waals surface area contributed by atoms with Crippen LogP contribution in [0.1, 0.15) is 5.56 Å². The van der Waals surface area contributed by atoms with E-state index in [9.17, 15) is 4.79 Å². The fraction of sp³-hybridized carbons (Fsp3) is 0.182. The molecule has 1 heterocycles. The molecule has 0 aliphatic heterocycles. The topological polar surface area (TPSA) is 72.5 Å². The molecule has 29 heavy (non-hydrogen) atoms. The first-order chi connectivity index (χ1) is 14.1. The van der Waals surface area contributed by atoms with E-state index in [2.05, 4.69) is 15.6 Å². The average Bonchev–Trinajstić information content (AvgIpc) is 2.75. The van der Waals surface area contributed by atoms with E-state index >= 15 is 0 Å². The molecule has 2 aromatic carbocycles. The highest BCUT2D eigenvalue weighted by molar-refractivity contribution is 6.30. The van der Waals surface area contributed by atoms with Crippen LogP contribution in [0.15, 0.2) is 66.9 Å². The van der Waals surface area contributed by atoms with Gasteiger partial charge in [-0.05, 0) is 60.5 Å². The zero-order valence-electron chi connectivity index (χ0n) is 16.0. The molecule has 6 nitrogen and oxygen atoms in total. The lowest BCUT2D eigenvalue weighted by Crippen LogP contribution is -2.20. The highest BCUT2D eigenvalue weighted by Gasteiger charge is 2.05. The van der Waals surface area contributed by atoms with Gasteiger partial charge >= 0.3 is 0 Å². The van der Waals surface area contributed by atoms with Crippen LogP contribution >= 0.6 is 11.6 Å². The van der Waals surface area contributed by atoms with E-state index in [0.29, 0.717) is 16.5 Å². The van der Waals surface area contributed by atoms with Crippen molar-refractivity contribution in [2.75, 3.05) is 30.9 Å². The van der Waals surface area contributed by atoms with Gasteiger partial charge in [-0.25, -0.2) is 4.98 Å². The number of nitrogens with zero attached hydrogens (tertiary/aromatic N) is 1. The zero-order valence-corrected chi connectivity index (χ0v) is 16.8. The number of hydrogen-bond acceptors (Lipinski definition) is 5. The summed E-state index contributed by atoms with van der Waals surface area (Å²) in [6.45, 7) is 0.656. The van der Waals surface area contributed by atoms with Crippen LogP contribution in [0.5, 0.6) is 11.5 Å². The number of nitrogens with one attached hydrogen (secondary N) is 2. The molecule has 3 aromatic rings. The van der Waals surface area contributed by atoms with Crippen LogP contribution in [0.2, 0.25) is 5.02 Å². The van der Waals surface area contributed by atoms with Gasteiger partial charge in [-0.3, -0.25) is 4.79 Å². The molecular formula is C22H22ClN3O3. The number of aromatic nitrogens is 1. The molecule has 0 aliphatic rings. The van der Waals surface area contributed by atoms with Gasteiger partial charge in [-0.15, -0.1) is 0 Å². The number of pyridine rings is 1. The van der Waals surface area contributed by atoms with Crippen molar-refractivity contribution in [3.05, 3.63) is 77.4 Å². The second-order valence-electron chi connectivity index (χ2n) is 6.25. The van der Waals surface area contributed by atoms with Crippen LogP contribution in [0, 0.1) is 0 Å². The number of ether oxygens (including phenoxy) is 2. The highest BCUT2D eigenvalue weighted by Crippen LogP contribution is 2.16. The van der Waals surface area contributed by atoms with Crippen LogP contribution in [-0.4, -0.2) is 31.2 Å². The van der Waals surface area contributed by atoms with Crippen LogP contribution in [-0.2, 0) is 11.2 Å². The number of carbonyl (C=O) groups is 1. The number of rotatable bonds is 9. The van der Waals surface area contributed by atoms with Crippen molar-refractivity contribution >= 4 is 29.0 Å². The summed E-state index contributed by atoms with van der Waals surface area (Å²) >= 11 is 5.82. The van der Waals surface area contributed by atoms with Gasteiger partial charge in [0.15, 0.2) is 6.61 Å². The van der Waals surface area contributed by atoms with E-state index in [0.717, 1.165) is 24.5 Å². The van der Waals surface area contributed by atoms with Gasteiger partial charge < -0.3 is 20.1 Å². The van der Waals surface area contributed by atoms with Crippen molar-refractivity contribution in [2.45, 2.75) is 6.42 Å². The fourth-order valence-corrected chi connectivity index (χ4v) is 2.70. The van der Waals surface area contributed by atoms with Gasteiger partial charge in [0.1, 0.15) is 17.3 Å². The van der Waals surface area contributed by atoms with Crippen LogP contribution < -0.4 is 20.1 Å². The lowest BCUT2D eigenvalue weighted by Gasteiger charge is -2.09. The standard InChI is InChI=1S/C22H22ClN3O3/c1-28-19-7-2-16(3-8-19)12-13-24-21-11-6-18(14-25-21)26-22(27)15-29-20-9-4-17(23)5-10-20/h2-11,14H,12-13,15H2,1H3,(H,24,25)(H,26,27). The maximum absolute atomic E-state index is 12.0. The van der Waals surface area contributed by atoms with Crippen molar-refractivity contribution in [1.29, 1.82) is 0 Å². The third-order valence-corrected chi connectivity index (χ3v) is 4.36. The first-order valence-electron chi connectivity index (χ1n) is 9.13. The van der Waals surface area contributed by atoms with Gasteiger partial charge in [-0.1, -0.05) is 23.7 Å². The largest absolute Gasteiger partial charge is 0.497 e. The fourth-order valence-electron chi connectivity index (χ4n) is 2.58.